The molecule has 8 heteroatoms. The molecule has 0 radical (unpaired) electrons. The van der Waals surface area contributed by atoms with Gasteiger partial charge >= 0.3 is 11.9 Å². The summed E-state index contributed by atoms with van der Waals surface area (Å²) in [5, 5.41) is 21.0. The zero-order chi connectivity index (χ0) is 19.4. The quantitative estimate of drug-likeness (QED) is 0.629. The standard InChI is InChI=1S/C17H28N2O6/c1-16(2)9-11(10-17(3,4)18-16)19(12(20)5-7-14(22)23)13(21)6-8-15(24)25/h11,18H,5-10H2,1-4H3,(H,22,23)(H,24,25). The van der Waals surface area contributed by atoms with Crippen molar-refractivity contribution in [2.45, 2.75) is 83.3 Å². The molecule has 3 N–H and O–H groups in total. The highest BCUT2D eigenvalue weighted by atomic mass is 16.4. The zero-order valence-corrected chi connectivity index (χ0v) is 15.3. The second-order valence-electron chi connectivity index (χ2n) is 7.90. The van der Waals surface area contributed by atoms with E-state index in [9.17, 15) is 19.2 Å². The van der Waals surface area contributed by atoms with Crippen LogP contribution in [0.2, 0.25) is 0 Å². The molecule has 0 aromatic rings. The first-order valence-electron chi connectivity index (χ1n) is 8.41. The number of nitrogens with zero attached hydrogens (tertiary/aromatic N) is 1. The monoisotopic (exact) mass is 356 g/mol. The maximum absolute atomic E-state index is 12.5. The molecule has 1 heterocycles. The molecular weight excluding hydrogens is 328 g/mol. The Balaban J connectivity index is 3.03. The number of hydrogen-bond acceptors (Lipinski definition) is 5. The Bertz CT molecular complexity index is 509. The molecule has 1 fully saturated rings. The predicted octanol–water partition coefficient (Wildman–Crippen LogP) is 1.38. The normalized spacial score (nSPS) is 19.2. The summed E-state index contributed by atoms with van der Waals surface area (Å²) in [5.41, 5.74) is -0.629. The number of imide groups is 1. The molecule has 8 nitrogen and oxygen atoms in total. The maximum atomic E-state index is 12.5. The highest BCUT2D eigenvalue weighted by Gasteiger charge is 2.42. The highest BCUT2D eigenvalue weighted by molar-refractivity contribution is 5.97. The lowest BCUT2D eigenvalue weighted by atomic mass is 9.78. The number of carbonyl (C=O) groups is 4. The largest absolute Gasteiger partial charge is 0.481 e. The lowest BCUT2D eigenvalue weighted by Crippen LogP contribution is -2.63. The van der Waals surface area contributed by atoms with E-state index in [1.807, 2.05) is 27.7 Å². The smallest absolute Gasteiger partial charge is 0.303 e. The second-order valence-corrected chi connectivity index (χ2v) is 7.90. The Kier molecular flexibility index (Phi) is 6.70. The van der Waals surface area contributed by atoms with Crippen molar-refractivity contribution in [3.63, 3.8) is 0 Å². The molecule has 1 rings (SSSR count). The summed E-state index contributed by atoms with van der Waals surface area (Å²) in [6.45, 7) is 7.90. The van der Waals surface area contributed by atoms with Gasteiger partial charge in [-0.15, -0.1) is 0 Å². The summed E-state index contributed by atoms with van der Waals surface area (Å²) < 4.78 is 0. The zero-order valence-electron chi connectivity index (χ0n) is 15.3. The van der Waals surface area contributed by atoms with Gasteiger partial charge in [-0.3, -0.25) is 24.1 Å². The average molecular weight is 356 g/mol. The van der Waals surface area contributed by atoms with Crippen LogP contribution < -0.4 is 5.32 Å². The summed E-state index contributed by atoms with van der Waals surface area (Å²) in [6.07, 6.45) is -0.238. The molecule has 0 spiro atoms. The molecule has 0 saturated carbocycles. The molecule has 2 amide bonds. The SMILES string of the molecule is CC1(C)CC(N(C(=O)CCC(=O)O)C(=O)CCC(=O)O)CC(C)(C)N1. The number of carboxylic acid groups (broad SMARTS) is 2. The number of nitrogens with one attached hydrogen (secondary N) is 1. The Morgan fingerprint density at radius 3 is 1.52 bits per heavy atom. The summed E-state index contributed by atoms with van der Waals surface area (Å²) in [4.78, 5) is 47.7. The summed E-state index contributed by atoms with van der Waals surface area (Å²) >= 11 is 0. The minimum Gasteiger partial charge on any atom is -0.481 e. The van der Waals surface area contributed by atoms with E-state index >= 15 is 0 Å². The highest BCUT2D eigenvalue weighted by Crippen LogP contribution is 2.32. The Hall–Kier alpha value is -1.96. The van der Waals surface area contributed by atoms with Crippen LogP contribution in [-0.2, 0) is 19.2 Å². The fraction of sp³-hybridized carbons (Fsp3) is 0.765. The van der Waals surface area contributed by atoms with E-state index in [-0.39, 0.29) is 36.8 Å². The molecule has 0 unspecified atom stereocenters. The van der Waals surface area contributed by atoms with Crippen LogP contribution in [0, 0.1) is 0 Å². The van der Waals surface area contributed by atoms with Crippen LogP contribution in [-0.4, -0.2) is 56.0 Å². The van der Waals surface area contributed by atoms with E-state index in [0.29, 0.717) is 12.8 Å². The summed E-state index contributed by atoms with van der Waals surface area (Å²) in [7, 11) is 0. The van der Waals surface area contributed by atoms with Crippen molar-refractivity contribution in [3.8, 4) is 0 Å². The topological polar surface area (TPSA) is 124 Å². The number of hydrogen-bond donors (Lipinski definition) is 3. The number of carboxylic acids is 2. The summed E-state index contributed by atoms with van der Waals surface area (Å²) in [6, 6.07) is -0.395. The van der Waals surface area contributed by atoms with E-state index in [2.05, 4.69) is 5.32 Å². The van der Waals surface area contributed by atoms with Crippen LogP contribution in [0.5, 0.6) is 0 Å². The van der Waals surface area contributed by atoms with Gasteiger partial charge in [0.2, 0.25) is 11.8 Å². The molecular formula is C17H28N2O6. The lowest BCUT2D eigenvalue weighted by Gasteiger charge is -2.49. The van der Waals surface area contributed by atoms with E-state index in [4.69, 9.17) is 10.2 Å². The van der Waals surface area contributed by atoms with Crippen molar-refractivity contribution in [2.75, 3.05) is 0 Å². The first kappa shape index (κ1) is 21.1. The minimum absolute atomic E-state index is 0.279. The van der Waals surface area contributed by atoms with Gasteiger partial charge in [-0.1, -0.05) is 0 Å². The van der Waals surface area contributed by atoms with Gasteiger partial charge in [0.05, 0.1) is 12.8 Å². The van der Waals surface area contributed by atoms with Crippen LogP contribution in [0.3, 0.4) is 0 Å². The fourth-order valence-electron chi connectivity index (χ4n) is 3.67. The van der Waals surface area contributed by atoms with Gasteiger partial charge < -0.3 is 15.5 Å². The van der Waals surface area contributed by atoms with E-state index in [1.54, 1.807) is 0 Å². The Labute approximate surface area is 147 Å². The van der Waals surface area contributed by atoms with E-state index < -0.39 is 29.8 Å². The fourth-order valence-corrected chi connectivity index (χ4v) is 3.67. The van der Waals surface area contributed by atoms with Crippen molar-refractivity contribution in [2.24, 2.45) is 0 Å². The Morgan fingerprint density at radius 2 is 1.20 bits per heavy atom. The third-order valence-corrected chi connectivity index (χ3v) is 4.18. The molecule has 1 aliphatic heterocycles. The lowest BCUT2D eigenvalue weighted by molar-refractivity contribution is -0.153. The van der Waals surface area contributed by atoms with Crippen molar-refractivity contribution in [1.82, 2.24) is 10.2 Å². The molecule has 0 aliphatic carbocycles. The molecule has 1 saturated heterocycles. The van der Waals surface area contributed by atoms with Gasteiger partial charge in [0.25, 0.3) is 0 Å². The van der Waals surface area contributed by atoms with Gasteiger partial charge in [-0.25, -0.2) is 0 Å². The van der Waals surface area contributed by atoms with E-state index in [1.165, 1.54) is 0 Å². The molecule has 0 aromatic heterocycles. The van der Waals surface area contributed by atoms with Gasteiger partial charge in [-0.05, 0) is 40.5 Å². The van der Waals surface area contributed by atoms with Crippen LogP contribution in [0.1, 0.15) is 66.2 Å². The molecule has 0 bridgehead atoms. The van der Waals surface area contributed by atoms with Gasteiger partial charge in [-0.2, -0.15) is 0 Å². The predicted molar refractivity (Wildman–Crippen MR) is 89.9 cm³/mol. The number of piperidine rings is 1. The third-order valence-electron chi connectivity index (χ3n) is 4.18. The van der Waals surface area contributed by atoms with Crippen molar-refractivity contribution in [3.05, 3.63) is 0 Å². The minimum atomic E-state index is -1.11. The molecule has 1 aliphatic rings. The number of rotatable bonds is 7. The van der Waals surface area contributed by atoms with Gasteiger partial charge in [0, 0.05) is 30.0 Å². The van der Waals surface area contributed by atoms with Crippen molar-refractivity contribution < 1.29 is 29.4 Å². The van der Waals surface area contributed by atoms with Crippen molar-refractivity contribution in [1.29, 1.82) is 0 Å². The van der Waals surface area contributed by atoms with Crippen molar-refractivity contribution >= 4 is 23.8 Å². The summed E-state index contributed by atoms with van der Waals surface area (Å²) in [5.74, 6) is -3.35. The maximum Gasteiger partial charge on any atom is 0.303 e. The average Bonchev–Trinajstić information content (AvgIpc) is 2.39. The third kappa shape index (κ3) is 6.81. The molecule has 0 atom stereocenters. The van der Waals surface area contributed by atoms with Gasteiger partial charge in [0.1, 0.15) is 0 Å². The van der Waals surface area contributed by atoms with Gasteiger partial charge in [0.15, 0.2) is 0 Å². The van der Waals surface area contributed by atoms with E-state index in [0.717, 1.165) is 4.90 Å². The van der Waals surface area contributed by atoms with Crippen LogP contribution in [0.4, 0.5) is 0 Å². The number of amides is 2. The van der Waals surface area contributed by atoms with Crippen LogP contribution >= 0.6 is 0 Å². The first-order chi connectivity index (χ1) is 11.3. The first-order valence-corrected chi connectivity index (χ1v) is 8.41. The number of carbonyl (C=O) groups excluding carboxylic acids is 2. The van der Waals surface area contributed by atoms with Crippen LogP contribution in [0.15, 0.2) is 0 Å². The molecule has 0 aromatic carbocycles. The number of aliphatic carboxylic acids is 2. The van der Waals surface area contributed by atoms with Crippen LogP contribution in [0.25, 0.3) is 0 Å². The Morgan fingerprint density at radius 1 is 0.840 bits per heavy atom. The molecule has 142 valence electrons. The molecule has 25 heavy (non-hydrogen) atoms. The second kappa shape index (κ2) is 7.95.